The molecule has 0 aliphatic carbocycles. The summed E-state index contributed by atoms with van der Waals surface area (Å²) in [5.74, 6) is 1.40. The topological polar surface area (TPSA) is 54.7 Å². The number of aromatic nitrogens is 2. The van der Waals surface area contributed by atoms with Crippen LogP contribution in [0.1, 0.15) is 29.6 Å². The van der Waals surface area contributed by atoms with E-state index < -0.39 is 0 Å². The van der Waals surface area contributed by atoms with Crippen LogP contribution in [0.25, 0.3) is 0 Å². The van der Waals surface area contributed by atoms with Crippen molar-refractivity contribution in [2.45, 2.75) is 18.4 Å². The fourth-order valence-corrected chi connectivity index (χ4v) is 3.63. The Kier molecular flexibility index (Phi) is 6.16. The van der Waals surface area contributed by atoms with E-state index in [4.69, 9.17) is 16.3 Å². The number of rotatable bonds is 5. The maximum atomic E-state index is 6.10. The van der Waals surface area contributed by atoms with Crippen molar-refractivity contribution in [2.75, 3.05) is 33.8 Å². The minimum absolute atomic E-state index is 0.0813. The summed E-state index contributed by atoms with van der Waals surface area (Å²) in [6, 6.07) is 7.78. The predicted octanol–water partition coefficient (Wildman–Crippen LogP) is 2.83. The lowest BCUT2D eigenvalue weighted by Gasteiger charge is -2.24. The summed E-state index contributed by atoms with van der Waals surface area (Å²) in [4.78, 5) is 6.74. The highest BCUT2D eigenvalue weighted by Gasteiger charge is 2.27. The third kappa shape index (κ3) is 4.37. The Hall–Kier alpha value is -2.05. The number of aliphatic imine (C=N–C) groups is 1. The molecule has 6 nitrogen and oxygen atoms in total. The molecule has 0 amide bonds. The lowest BCUT2D eigenvalue weighted by Crippen LogP contribution is -2.41. The third-order valence-corrected chi connectivity index (χ3v) is 5.08. The van der Waals surface area contributed by atoms with Crippen molar-refractivity contribution >= 4 is 17.6 Å². The van der Waals surface area contributed by atoms with Gasteiger partial charge in [0.15, 0.2) is 5.96 Å². The van der Waals surface area contributed by atoms with Crippen molar-refractivity contribution in [2.24, 2.45) is 12.0 Å². The fourth-order valence-electron chi connectivity index (χ4n) is 3.44. The van der Waals surface area contributed by atoms with E-state index >= 15 is 0 Å². The number of hydrogen-bond acceptors (Lipinski definition) is 3. The van der Waals surface area contributed by atoms with Gasteiger partial charge in [0.25, 0.3) is 0 Å². The zero-order chi connectivity index (χ0) is 18.5. The molecule has 1 aliphatic heterocycles. The van der Waals surface area contributed by atoms with Gasteiger partial charge in [0, 0.05) is 58.0 Å². The summed E-state index contributed by atoms with van der Waals surface area (Å²) >= 11 is 6.10. The first-order chi connectivity index (χ1) is 12.6. The molecule has 26 heavy (non-hydrogen) atoms. The Balaban J connectivity index is 1.59. The van der Waals surface area contributed by atoms with Gasteiger partial charge in [0.2, 0.25) is 0 Å². The molecular weight excluding hydrogens is 350 g/mol. The summed E-state index contributed by atoms with van der Waals surface area (Å²) in [6.07, 6.45) is 5.09. The highest BCUT2D eigenvalue weighted by atomic mass is 35.5. The van der Waals surface area contributed by atoms with Gasteiger partial charge in [-0.05, 0) is 29.7 Å². The molecule has 2 heterocycles. The summed E-state index contributed by atoms with van der Waals surface area (Å²) < 4.78 is 7.50. The molecular formula is C19H26ClN5O. The van der Waals surface area contributed by atoms with Gasteiger partial charge in [0.05, 0.1) is 12.3 Å². The van der Waals surface area contributed by atoms with E-state index in [0.29, 0.717) is 17.5 Å². The second-order valence-corrected chi connectivity index (χ2v) is 7.02. The van der Waals surface area contributed by atoms with Crippen molar-refractivity contribution in [1.82, 2.24) is 20.0 Å². The Morgan fingerprint density at radius 2 is 2.35 bits per heavy atom. The van der Waals surface area contributed by atoms with Crippen LogP contribution >= 0.6 is 11.6 Å². The number of halogens is 1. The van der Waals surface area contributed by atoms with Crippen molar-refractivity contribution in [1.29, 1.82) is 0 Å². The molecule has 1 saturated heterocycles. The molecule has 2 atom stereocenters. The molecule has 0 radical (unpaired) electrons. The monoisotopic (exact) mass is 375 g/mol. The van der Waals surface area contributed by atoms with Crippen LogP contribution in [0.15, 0.2) is 41.7 Å². The fraction of sp³-hybridized carbons (Fsp3) is 0.474. The zero-order valence-corrected chi connectivity index (χ0v) is 16.3. The van der Waals surface area contributed by atoms with Crippen LogP contribution in [-0.4, -0.2) is 54.4 Å². The van der Waals surface area contributed by atoms with Gasteiger partial charge < -0.3 is 15.0 Å². The number of methoxy groups -OCH3 is 1. The molecule has 2 aromatic rings. The maximum absolute atomic E-state index is 6.10. The first kappa shape index (κ1) is 18.7. The standard InChI is InChI=1S/C19H26ClN5O/c1-21-19(22-11-18(26-3)14-5-4-6-17(20)9-14)25-8-7-15(13-25)16-10-23-24(2)12-16/h4-6,9-10,12,15,18H,7-8,11,13H2,1-3H3,(H,21,22). The molecule has 140 valence electrons. The molecule has 0 spiro atoms. The minimum atomic E-state index is -0.0813. The zero-order valence-electron chi connectivity index (χ0n) is 15.5. The van der Waals surface area contributed by atoms with E-state index in [1.807, 2.05) is 49.2 Å². The maximum Gasteiger partial charge on any atom is 0.193 e. The van der Waals surface area contributed by atoms with E-state index in [9.17, 15) is 0 Å². The Labute approximate surface area is 159 Å². The minimum Gasteiger partial charge on any atom is -0.375 e. The Bertz CT molecular complexity index is 760. The molecule has 1 aromatic heterocycles. The van der Waals surface area contributed by atoms with Crippen LogP contribution in [0.2, 0.25) is 5.02 Å². The van der Waals surface area contributed by atoms with Gasteiger partial charge in [-0.3, -0.25) is 9.67 Å². The van der Waals surface area contributed by atoms with Crippen molar-refractivity contribution < 1.29 is 4.74 Å². The van der Waals surface area contributed by atoms with Gasteiger partial charge >= 0.3 is 0 Å². The largest absolute Gasteiger partial charge is 0.375 e. The highest BCUT2D eigenvalue weighted by molar-refractivity contribution is 6.30. The van der Waals surface area contributed by atoms with Crippen LogP contribution in [-0.2, 0) is 11.8 Å². The van der Waals surface area contributed by atoms with E-state index in [2.05, 4.69) is 26.5 Å². The smallest absolute Gasteiger partial charge is 0.193 e. The lowest BCUT2D eigenvalue weighted by atomic mass is 10.0. The quantitative estimate of drug-likeness (QED) is 0.645. The molecule has 2 unspecified atom stereocenters. The summed E-state index contributed by atoms with van der Waals surface area (Å²) in [5.41, 5.74) is 2.34. The van der Waals surface area contributed by atoms with Crippen LogP contribution in [0.5, 0.6) is 0 Å². The summed E-state index contributed by atoms with van der Waals surface area (Å²) in [6.45, 7) is 2.56. The number of nitrogens with zero attached hydrogens (tertiary/aromatic N) is 4. The summed E-state index contributed by atoms with van der Waals surface area (Å²) in [5, 5.41) is 8.45. The lowest BCUT2D eigenvalue weighted by molar-refractivity contribution is 0.106. The molecule has 1 aromatic carbocycles. The number of likely N-dealkylation sites (tertiary alicyclic amines) is 1. The van der Waals surface area contributed by atoms with Gasteiger partial charge in [-0.25, -0.2) is 0 Å². The second kappa shape index (κ2) is 8.56. The molecule has 0 bridgehead atoms. The van der Waals surface area contributed by atoms with Crippen LogP contribution < -0.4 is 5.32 Å². The van der Waals surface area contributed by atoms with E-state index in [-0.39, 0.29) is 6.10 Å². The van der Waals surface area contributed by atoms with Gasteiger partial charge in [-0.15, -0.1) is 0 Å². The van der Waals surface area contributed by atoms with E-state index in [1.54, 1.807) is 7.11 Å². The van der Waals surface area contributed by atoms with Gasteiger partial charge in [-0.2, -0.15) is 5.10 Å². The van der Waals surface area contributed by atoms with E-state index in [0.717, 1.165) is 31.0 Å². The Morgan fingerprint density at radius 1 is 1.50 bits per heavy atom. The molecule has 1 aliphatic rings. The number of aryl methyl sites for hydroxylation is 1. The van der Waals surface area contributed by atoms with Crippen molar-refractivity contribution in [3.8, 4) is 0 Å². The number of ether oxygens (including phenoxy) is 1. The van der Waals surface area contributed by atoms with Gasteiger partial charge in [-0.1, -0.05) is 23.7 Å². The number of nitrogens with one attached hydrogen (secondary N) is 1. The first-order valence-electron chi connectivity index (χ1n) is 8.83. The van der Waals surface area contributed by atoms with Gasteiger partial charge in [0.1, 0.15) is 0 Å². The van der Waals surface area contributed by atoms with Crippen LogP contribution in [0.4, 0.5) is 0 Å². The number of benzene rings is 1. The number of guanidine groups is 1. The average molecular weight is 376 g/mol. The highest BCUT2D eigenvalue weighted by Crippen LogP contribution is 2.27. The molecule has 3 rings (SSSR count). The number of hydrogen-bond donors (Lipinski definition) is 1. The van der Waals surface area contributed by atoms with Crippen LogP contribution in [0.3, 0.4) is 0 Å². The Morgan fingerprint density at radius 3 is 3.00 bits per heavy atom. The summed E-state index contributed by atoms with van der Waals surface area (Å²) in [7, 11) is 5.49. The van der Waals surface area contributed by atoms with Crippen molar-refractivity contribution in [3.63, 3.8) is 0 Å². The SMILES string of the molecule is CN=C(NCC(OC)c1cccc(Cl)c1)N1CCC(c2cnn(C)c2)C1. The normalized spacial score (nSPS) is 19.0. The molecule has 1 N–H and O–H groups in total. The predicted molar refractivity (Wildman–Crippen MR) is 105 cm³/mol. The molecule has 0 saturated carbocycles. The molecule has 7 heteroatoms. The van der Waals surface area contributed by atoms with E-state index in [1.165, 1.54) is 5.56 Å². The third-order valence-electron chi connectivity index (χ3n) is 4.85. The van der Waals surface area contributed by atoms with Crippen molar-refractivity contribution in [3.05, 3.63) is 52.8 Å². The molecule has 1 fully saturated rings. The second-order valence-electron chi connectivity index (χ2n) is 6.59. The average Bonchev–Trinajstić information content (AvgIpc) is 3.28. The van der Waals surface area contributed by atoms with Crippen LogP contribution in [0, 0.1) is 0 Å². The first-order valence-corrected chi connectivity index (χ1v) is 9.21.